The number of fused-ring (bicyclic) bond motifs is 3. The van der Waals surface area contributed by atoms with Gasteiger partial charge < -0.3 is 14.9 Å². The molecule has 6 rings (SSSR count). The van der Waals surface area contributed by atoms with Gasteiger partial charge in [0.2, 0.25) is 10.0 Å². The molecule has 2 heterocycles. The van der Waals surface area contributed by atoms with Crippen LogP contribution in [0.5, 0.6) is 5.75 Å². The van der Waals surface area contributed by atoms with Crippen molar-refractivity contribution in [2.24, 2.45) is 11.3 Å². The second kappa shape index (κ2) is 7.92. The van der Waals surface area contributed by atoms with Crippen LogP contribution in [0, 0.1) is 11.3 Å². The first-order valence-corrected chi connectivity index (χ1v) is 14.9. The third kappa shape index (κ3) is 3.33. The first kappa shape index (κ1) is 23.3. The summed E-state index contributed by atoms with van der Waals surface area (Å²) in [5.41, 5.74) is 3.15. The Labute approximate surface area is 205 Å². The van der Waals surface area contributed by atoms with E-state index in [0.717, 1.165) is 58.0 Å². The number of benzene rings is 1. The first-order valence-electron chi connectivity index (χ1n) is 13.4. The highest BCUT2D eigenvalue weighted by Gasteiger charge is 2.69. The summed E-state index contributed by atoms with van der Waals surface area (Å²) in [5.74, 6) is 0.912. The summed E-state index contributed by atoms with van der Waals surface area (Å²) < 4.78 is 27.9. The van der Waals surface area contributed by atoms with Crippen molar-refractivity contribution in [2.75, 3.05) is 40.3 Å². The molecule has 0 amide bonds. The normalized spacial score (nSPS) is 37.1. The Balaban J connectivity index is 1.18. The molecular formula is C27H41N3O3S. The standard InChI is InChI=1S/C27H41N3O3S/c1-26-17-27(15-20-8-9-21(31)14-23(20)26)18-29(3)25(27)24(26)28(2)16-19-10-12-30(13-11-19)34(32,33)22-6-4-5-7-22/h8-9,14,19,22,24-25,31H,4-7,10-13,15-18H2,1-3H3/t24-,25?,26+,27?/m0/s1. The minimum absolute atomic E-state index is 0.0308. The highest BCUT2D eigenvalue weighted by Crippen LogP contribution is 2.64. The molecule has 0 radical (unpaired) electrons. The molecule has 1 N–H and O–H groups in total. The van der Waals surface area contributed by atoms with Crippen LogP contribution in [-0.2, 0) is 21.9 Å². The predicted octanol–water partition coefficient (Wildman–Crippen LogP) is 3.19. The molecule has 2 saturated heterocycles. The minimum atomic E-state index is -3.11. The zero-order valence-electron chi connectivity index (χ0n) is 21.0. The maximum absolute atomic E-state index is 13.0. The number of phenols is 1. The van der Waals surface area contributed by atoms with Crippen molar-refractivity contribution in [3.05, 3.63) is 29.3 Å². The van der Waals surface area contributed by atoms with Gasteiger partial charge in [-0.2, -0.15) is 0 Å². The minimum Gasteiger partial charge on any atom is -0.508 e. The molecule has 7 heteroatoms. The van der Waals surface area contributed by atoms with Crippen molar-refractivity contribution in [2.45, 2.75) is 81.0 Å². The van der Waals surface area contributed by atoms with Crippen molar-refractivity contribution in [3.63, 3.8) is 0 Å². The van der Waals surface area contributed by atoms with Crippen LogP contribution in [0.25, 0.3) is 0 Å². The molecule has 188 valence electrons. The molecule has 1 spiro atoms. The first-order chi connectivity index (χ1) is 16.1. The van der Waals surface area contributed by atoms with Crippen LogP contribution in [0.15, 0.2) is 18.2 Å². The number of phenolic OH excluding ortho intramolecular Hbond substituents is 1. The molecule has 3 aliphatic carbocycles. The number of hydrogen-bond donors (Lipinski definition) is 1. The van der Waals surface area contributed by atoms with Gasteiger partial charge in [0.15, 0.2) is 0 Å². The number of likely N-dealkylation sites (tertiary alicyclic amines) is 1. The highest BCUT2D eigenvalue weighted by atomic mass is 32.2. The van der Waals surface area contributed by atoms with Crippen molar-refractivity contribution in [1.82, 2.24) is 14.1 Å². The molecule has 6 nitrogen and oxygen atoms in total. The Bertz CT molecular complexity index is 1060. The number of hydrogen-bond acceptors (Lipinski definition) is 5. The van der Waals surface area contributed by atoms with Gasteiger partial charge in [-0.25, -0.2) is 12.7 Å². The summed E-state index contributed by atoms with van der Waals surface area (Å²) in [4.78, 5) is 5.15. The summed E-state index contributed by atoms with van der Waals surface area (Å²) in [6.07, 6.45) is 8.05. The fourth-order valence-electron chi connectivity index (χ4n) is 9.06. The van der Waals surface area contributed by atoms with Gasteiger partial charge >= 0.3 is 0 Å². The summed E-state index contributed by atoms with van der Waals surface area (Å²) in [6, 6.07) is 6.99. The van der Waals surface area contributed by atoms with Crippen molar-refractivity contribution < 1.29 is 13.5 Å². The SMILES string of the molecule is CN1CC23Cc4ccc(O)cc4[C@@](C)(C2)[C@@H](N(C)CC2CCN(S(=O)(=O)C4CCCC4)CC2)C13. The molecular weight excluding hydrogens is 446 g/mol. The molecule has 0 aromatic heterocycles. The third-order valence-corrected chi connectivity index (χ3v) is 12.7. The lowest BCUT2D eigenvalue weighted by atomic mass is 9.63. The van der Waals surface area contributed by atoms with Crippen molar-refractivity contribution in [1.29, 1.82) is 0 Å². The number of piperidine rings is 1. The van der Waals surface area contributed by atoms with Gasteiger partial charge in [-0.15, -0.1) is 0 Å². The Morgan fingerprint density at radius 1 is 1.15 bits per heavy atom. The van der Waals surface area contributed by atoms with Crippen LogP contribution in [0.2, 0.25) is 0 Å². The lowest BCUT2D eigenvalue weighted by Crippen LogP contribution is -2.66. The van der Waals surface area contributed by atoms with E-state index in [1.54, 1.807) is 4.31 Å². The number of aromatic hydroxyl groups is 1. The molecule has 1 aromatic carbocycles. The summed E-state index contributed by atoms with van der Waals surface area (Å²) in [6.45, 7) is 5.98. The summed E-state index contributed by atoms with van der Waals surface area (Å²) >= 11 is 0. The smallest absolute Gasteiger partial charge is 0.216 e. The molecule has 2 saturated carbocycles. The molecule has 2 aliphatic heterocycles. The van der Waals surface area contributed by atoms with Gasteiger partial charge in [-0.3, -0.25) is 0 Å². The molecule has 2 unspecified atom stereocenters. The van der Waals surface area contributed by atoms with Gasteiger partial charge in [0.25, 0.3) is 0 Å². The Morgan fingerprint density at radius 2 is 1.85 bits per heavy atom. The third-order valence-electron chi connectivity index (χ3n) is 10.3. The number of rotatable bonds is 5. The maximum Gasteiger partial charge on any atom is 0.216 e. The summed E-state index contributed by atoms with van der Waals surface area (Å²) in [5, 5.41) is 10.2. The van der Waals surface area contributed by atoms with E-state index in [1.165, 1.54) is 17.5 Å². The molecule has 1 aromatic rings. The van der Waals surface area contributed by atoms with Gasteiger partial charge in [0.05, 0.1) is 5.25 Å². The second-order valence-electron chi connectivity index (χ2n) is 12.5. The van der Waals surface area contributed by atoms with Gasteiger partial charge in [0.1, 0.15) is 5.75 Å². The van der Waals surface area contributed by atoms with E-state index >= 15 is 0 Å². The highest BCUT2D eigenvalue weighted by molar-refractivity contribution is 7.89. The lowest BCUT2D eigenvalue weighted by molar-refractivity contribution is -0.0604. The van der Waals surface area contributed by atoms with Crippen molar-refractivity contribution >= 4 is 10.0 Å². The van der Waals surface area contributed by atoms with E-state index in [-0.39, 0.29) is 10.7 Å². The van der Waals surface area contributed by atoms with Gasteiger partial charge in [-0.1, -0.05) is 25.8 Å². The van der Waals surface area contributed by atoms with Crippen LogP contribution in [0.4, 0.5) is 0 Å². The van der Waals surface area contributed by atoms with Gasteiger partial charge in [0, 0.05) is 49.1 Å². The van der Waals surface area contributed by atoms with Crippen LogP contribution in [0.3, 0.4) is 0 Å². The average Bonchev–Trinajstić information content (AvgIpc) is 3.39. The number of nitrogens with zero attached hydrogens (tertiary/aromatic N) is 3. The number of sulfonamides is 1. The van der Waals surface area contributed by atoms with Crippen LogP contribution < -0.4 is 0 Å². The maximum atomic E-state index is 13.0. The van der Waals surface area contributed by atoms with Crippen LogP contribution in [0.1, 0.15) is 63.0 Å². The largest absolute Gasteiger partial charge is 0.508 e. The zero-order valence-corrected chi connectivity index (χ0v) is 21.9. The second-order valence-corrected chi connectivity index (χ2v) is 14.7. The van der Waals surface area contributed by atoms with Crippen LogP contribution in [-0.4, -0.2) is 85.2 Å². The van der Waals surface area contributed by atoms with E-state index < -0.39 is 10.0 Å². The zero-order chi connectivity index (χ0) is 23.9. The molecule has 4 atom stereocenters. The Hall–Kier alpha value is -1.15. The molecule has 4 fully saturated rings. The van der Waals surface area contributed by atoms with Crippen LogP contribution >= 0.6 is 0 Å². The van der Waals surface area contributed by atoms with E-state index in [1.807, 2.05) is 12.1 Å². The Kier molecular flexibility index (Phi) is 5.42. The van der Waals surface area contributed by atoms with Gasteiger partial charge in [-0.05, 0) is 81.8 Å². The molecule has 5 aliphatic rings. The monoisotopic (exact) mass is 487 g/mol. The fraction of sp³-hybridized carbons (Fsp3) is 0.778. The molecule has 34 heavy (non-hydrogen) atoms. The summed E-state index contributed by atoms with van der Waals surface area (Å²) in [7, 11) is 1.45. The topological polar surface area (TPSA) is 64.1 Å². The van der Waals surface area contributed by atoms with Crippen molar-refractivity contribution in [3.8, 4) is 5.75 Å². The van der Waals surface area contributed by atoms with E-state index in [0.29, 0.717) is 42.3 Å². The average molecular weight is 488 g/mol. The molecule has 2 bridgehead atoms. The Morgan fingerprint density at radius 3 is 2.53 bits per heavy atom. The fourth-order valence-corrected chi connectivity index (χ4v) is 11.1. The predicted molar refractivity (Wildman–Crippen MR) is 135 cm³/mol. The number of likely N-dealkylation sites (N-methyl/N-ethyl adjacent to an activating group) is 2. The van der Waals surface area contributed by atoms with E-state index in [9.17, 15) is 13.5 Å². The quantitative estimate of drug-likeness (QED) is 0.691. The van der Waals surface area contributed by atoms with E-state index in [2.05, 4.69) is 36.9 Å². The van der Waals surface area contributed by atoms with E-state index in [4.69, 9.17) is 0 Å². The lowest BCUT2D eigenvalue weighted by Gasteiger charge is -2.55.